The molecule has 9 heteroatoms. The van der Waals surface area contributed by atoms with Crippen molar-refractivity contribution in [3.8, 4) is 22.6 Å². The van der Waals surface area contributed by atoms with Gasteiger partial charge < -0.3 is 10.1 Å². The molecule has 8 nitrogen and oxygen atoms in total. The molecular weight excluding hydrogens is 459 g/mol. The molecule has 0 aliphatic carbocycles. The van der Waals surface area contributed by atoms with E-state index < -0.39 is 0 Å². The first-order valence-electron chi connectivity index (χ1n) is 11.1. The highest BCUT2D eigenvalue weighted by Gasteiger charge is 2.17. The number of nitrogens with one attached hydrogen (secondary N) is 2. The fraction of sp³-hybridized carbons (Fsp3) is 0.0370. The lowest BCUT2D eigenvalue weighted by atomic mass is 10.0. The van der Waals surface area contributed by atoms with E-state index in [0.29, 0.717) is 44.7 Å². The number of fused-ring (bicyclic) bond motifs is 3. The number of H-pyrrole nitrogens is 1. The van der Waals surface area contributed by atoms with E-state index in [4.69, 9.17) is 4.74 Å². The minimum atomic E-state index is -0.342. The molecule has 3 aromatic carbocycles. The molecule has 6 rings (SSSR count). The summed E-state index contributed by atoms with van der Waals surface area (Å²) in [7, 11) is 1.60. The molecule has 0 spiro atoms. The zero-order chi connectivity index (χ0) is 24.6. The van der Waals surface area contributed by atoms with E-state index >= 15 is 0 Å². The zero-order valence-corrected chi connectivity index (χ0v) is 19.1. The predicted octanol–water partition coefficient (Wildman–Crippen LogP) is 5.22. The van der Waals surface area contributed by atoms with Crippen LogP contribution in [0.2, 0.25) is 0 Å². The summed E-state index contributed by atoms with van der Waals surface area (Å²) in [6.45, 7) is 0. The quantitative estimate of drug-likeness (QED) is 0.353. The lowest BCUT2D eigenvalue weighted by Crippen LogP contribution is -2.20. The minimum Gasteiger partial charge on any atom is -0.497 e. The minimum absolute atomic E-state index is 0.300. The molecule has 176 valence electrons. The first kappa shape index (κ1) is 21.5. The molecule has 0 bridgehead atoms. The van der Waals surface area contributed by atoms with Gasteiger partial charge in [0, 0.05) is 17.4 Å². The number of aromatic amines is 1. The summed E-state index contributed by atoms with van der Waals surface area (Å²) in [5.41, 5.74) is 3.02. The molecule has 0 amide bonds. The molecule has 0 unspecified atom stereocenters. The Hall–Kier alpha value is -5.05. The summed E-state index contributed by atoms with van der Waals surface area (Å²) in [4.78, 5) is 22.7. The molecule has 0 saturated carbocycles. The topological polar surface area (TPSA) is 97.7 Å². The fourth-order valence-electron chi connectivity index (χ4n) is 4.20. The number of methoxy groups -OCH3 is 1. The Morgan fingerprint density at radius 3 is 2.61 bits per heavy atom. The van der Waals surface area contributed by atoms with Crippen LogP contribution in [0.5, 0.6) is 5.75 Å². The lowest BCUT2D eigenvalue weighted by molar-refractivity contribution is 0.415. The van der Waals surface area contributed by atoms with Gasteiger partial charge in [-0.15, -0.1) is 0 Å². The highest BCUT2D eigenvalue weighted by molar-refractivity contribution is 6.02. The number of nitrogens with zero attached hydrogens (tertiary/aromatic N) is 4. The van der Waals surface area contributed by atoms with Crippen molar-refractivity contribution in [2.24, 2.45) is 0 Å². The van der Waals surface area contributed by atoms with Gasteiger partial charge in [-0.2, -0.15) is 10.1 Å². The van der Waals surface area contributed by atoms with E-state index in [1.807, 2.05) is 24.3 Å². The van der Waals surface area contributed by atoms with Gasteiger partial charge >= 0.3 is 0 Å². The van der Waals surface area contributed by atoms with E-state index in [2.05, 4.69) is 25.5 Å². The Morgan fingerprint density at radius 2 is 1.81 bits per heavy atom. The maximum absolute atomic E-state index is 14.5. The third-order valence-electron chi connectivity index (χ3n) is 5.96. The van der Waals surface area contributed by atoms with Crippen molar-refractivity contribution in [3.05, 3.63) is 101 Å². The second kappa shape index (κ2) is 8.62. The molecule has 6 aromatic rings. The summed E-state index contributed by atoms with van der Waals surface area (Å²) in [5.74, 6) is 0.695. The van der Waals surface area contributed by atoms with Crippen LogP contribution >= 0.6 is 0 Å². The van der Waals surface area contributed by atoms with Crippen LogP contribution < -0.4 is 15.6 Å². The first-order chi connectivity index (χ1) is 17.6. The smallest absolute Gasteiger partial charge is 0.267 e. The molecule has 0 aliphatic heterocycles. The van der Waals surface area contributed by atoms with Gasteiger partial charge in [-0.05, 0) is 48.0 Å². The largest absolute Gasteiger partial charge is 0.497 e. The number of rotatable bonds is 5. The van der Waals surface area contributed by atoms with Gasteiger partial charge in [-0.25, -0.2) is 9.37 Å². The standard InChI is InChI=1S/C27H19FN6O2/c1-36-19-11-9-17(10-12-19)31-27-29-14-21-24-22(15-30-33-24)26(35)34(25(21)32-27)18-6-4-5-16(13-18)20-7-2-3-8-23(20)28/h2-15H,1H3,(H,30,33)(H,29,31,32). The highest BCUT2D eigenvalue weighted by Crippen LogP contribution is 2.28. The SMILES string of the molecule is COc1ccc(Nc2ncc3c4[nH]ncc4c(=O)n(-c4cccc(-c5ccccc5F)c4)c3n2)cc1. The lowest BCUT2D eigenvalue weighted by Gasteiger charge is -2.13. The Labute approximate surface area is 204 Å². The van der Waals surface area contributed by atoms with E-state index in [1.54, 1.807) is 55.8 Å². The third-order valence-corrected chi connectivity index (χ3v) is 5.96. The number of anilines is 2. The van der Waals surface area contributed by atoms with Crippen LogP contribution in [-0.2, 0) is 0 Å². The van der Waals surface area contributed by atoms with Crippen LogP contribution in [0.3, 0.4) is 0 Å². The van der Waals surface area contributed by atoms with E-state index in [1.165, 1.54) is 16.8 Å². The van der Waals surface area contributed by atoms with Crippen LogP contribution in [0.1, 0.15) is 0 Å². The van der Waals surface area contributed by atoms with Crippen molar-refractivity contribution in [3.63, 3.8) is 0 Å². The number of ether oxygens (including phenoxy) is 1. The summed E-state index contributed by atoms with van der Waals surface area (Å²) in [6.07, 6.45) is 3.13. The summed E-state index contributed by atoms with van der Waals surface area (Å²) >= 11 is 0. The highest BCUT2D eigenvalue weighted by atomic mass is 19.1. The van der Waals surface area contributed by atoms with Crippen LogP contribution in [-0.4, -0.2) is 31.8 Å². The average molecular weight is 478 g/mol. The van der Waals surface area contributed by atoms with Gasteiger partial charge in [0.05, 0.1) is 35.3 Å². The summed E-state index contributed by atoms with van der Waals surface area (Å²) < 4.78 is 21.2. The number of hydrogen-bond donors (Lipinski definition) is 2. The Morgan fingerprint density at radius 1 is 0.972 bits per heavy atom. The molecule has 3 heterocycles. The van der Waals surface area contributed by atoms with Gasteiger partial charge in [0.25, 0.3) is 5.56 Å². The maximum atomic E-state index is 14.5. The van der Waals surface area contributed by atoms with Crippen LogP contribution in [0.15, 0.2) is 90.0 Å². The number of benzene rings is 3. The average Bonchev–Trinajstić information content (AvgIpc) is 3.40. The van der Waals surface area contributed by atoms with Crippen molar-refractivity contribution >= 4 is 33.6 Å². The summed E-state index contributed by atoms with van der Waals surface area (Å²) in [5, 5.41) is 11.1. The molecule has 3 aromatic heterocycles. The molecule has 0 aliphatic rings. The van der Waals surface area contributed by atoms with E-state index in [-0.39, 0.29) is 11.4 Å². The molecule has 36 heavy (non-hydrogen) atoms. The van der Waals surface area contributed by atoms with Gasteiger partial charge in [0.2, 0.25) is 5.95 Å². The number of halogens is 1. The molecule has 0 radical (unpaired) electrons. The van der Waals surface area contributed by atoms with Gasteiger partial charge in [0.15, 0.2) is 5.65 Å². The van der Waals surface area contributed by atoms with Gasteiger partial charge in [0.1, 0.15) is 11.6 Å². The Kier molecular flexibility index (Phi) is 5.15. The Bertz CT molecular complexity index is 1790. The van der Waals surface area contributed by atoms with Crippen molar-refractivity contribution < 1.29 is 9.13 Å². The predicted molar refractivity (Wildman–Crippen MR) is 136 cm³/mol. The second-order valence-electron chi connectivity index (χ2n) is 8.11. The molecule has 0 atom stereocenters. The van der Waals surface area contributed by atoms with Crippen molar-refractivity contribution in [1.82, 2.24) is 24.7 Å². The Balaban J connectivity index is 1.54. The van der Waals surface area contributed by atoms with Crippen LogP contribution in [0.4, 0.5) is 16.0 Å². The van der Waals surface area contributed by atoms with Crippen molar-refractivity contribution in [2.45, 2.75) is 0 Å². The van der Waals surface area contributed by atoms with Crippen molar-refractivity contribution in [1.29, 1.82) is 0 Å². The van der Waals surface area contributed by atoms with Crippen LogP contribution in [0, 0.1) is 5.82 Å². The zero-order valence-electron chi connectivity index (χ0n) is 19.1. The molecule has 0 fully saturated rings. The van der Waals surface area contributed by atoms with E-state index in [0.717, 1.165) is 11.4 Å². The monoisotopic (exact) mass is 478 g/mol. The van der Waals surface area contributed by atoms with Crippen molar-refractivity contribution in [2.75, 3.05) is 12.4 Å². The normalized spacial score (nSPS) is 11.2. The van der Waals surface area contributed by atoms with Crippen LogP contribution in [0.25, 0.3) is 38.8 Å². The molecular formula is C27H19FN6O2. The molecule has 2 N–H and O–H groups in total. The third kappa shape index (κ3) is 3.63. The van der Waals surface area contributed by atoms with Gasteiger partial charge in [-0.3, -0.25) is 14.5 Å². The molecule has 0 saturated heterocycles. The first-order valence-corrected chi connectivity index (χ1v) is 11.1. The number of aromatic nitrogens is 5. The van der Waals surface area contributed by atoms with E-state index in [9.17, 15) is 9.18 Å². The fourth-order valence-corrected chi connectivity index (χ4v) is 4.20. The summed E-state index contributed by atoms with van der Waals surface area (Å²) in [6, 6.07) is 21.0. The number of pyridine rings is 1. The maximum Gasteiger partial charge on any atom is 0.267 e. The number of hydrogen-bond acceptors (Lipinski definition) is 6. The second-order valence-corrected chi connectivity index (χ2v) is 8.11. The van der Waals surface area contributed by atoms with Gasteiger partial charge in [-0.1, -0.05) is 30.3 Å².